The van der Waals surface area contributed by atoms with Gasteiger partial charge in [0.2, 0.25) is 0 Å². The van der Waals surface area contributed by atoms with Crippen LogP contribution in [0.25, 0.3) is 0 Å². The first-order valence-electron chi connectivity index (χ1n) is 9.82. The van der Waals surface area contributed by atoms with Crippen LogP contribution in [-0.4, -0.2) is 32.8 Å². The smallest absolute Gasteiger partial charge is 0.252 e. The average molecular weight is 386 g/mol. The normalized spacial score (nSPS) is 18.6. The molecule has 144 valence electrons. The Hall–Kier alpha value is -1.85. The van der Waals surface area contributed by atoms with Crippen LogP contribution in [0.4, 0.5) is 0 Å². The molecule has 0 unspecified atom stereocenters. The van der Waals surface area contributed by atoms with Crippen LogP contribution in [0.15, 0.2) is 29.6 Å². The quantitative estimate of drug-likeness (QED) is 0.842. The maximum atomic E-state index is 12.9. The van der Waals surface area contributed by atoms with E-state index >= 15 is 0 Å². The Labute approximate surface area is 164 Å². The zero-order valence-electron chi connectivity index (χ0n) is 15.9. The number of methoxy groups -OCH3 is 1. The lowest BCUT2D eigenvalue weighted by Crippen LogP contribution is -2.44. The number of benzene rings is 1. The number of thiophene rings is 1. The van der Waals surface area contributed by atoms with Gasteiger partial charge in [0.05, 0.1) is 12.7 Å². The van der Waals surface area contributed by atoms with E-state index in [1.54, 1.807) is 18.4 Å². The summed E-state index contributed by atoms with van der Waals surface area (Å²) in [4.78, 5) is 14.3. The molecule has 1 aliphatic heterocycles. The van der Waals surface area contributed by atoms with Gasteiger partial charge in [0.15, 0.2) is 0 Å². The van der Waals surface area contributed by atoms with Crippen molar-refractivity contribution >= 4 is 17.2 Å². The third-order valence-electron chi connectivity index (χ3n) is 6.05. The van der Waals surface area contributed by atoms with Crippen molar-refractivity contribution in [1.29, 1.82) is 0 Å². The van der Waals surface area contributed by atoms with Gasteiger partial charge in [-0.3, -0.25) is 4.79 Å². The van der Waals surface area contributed by atoms with Crippen LogP contribution in [0.5, 0.6) is 5.75 Å². The third kappa shape index (κ3) is 3.76. The Bertz CT molecular complexity index is 790. The number of carbonyl (C=O) groups excluding carboxylic acids is 1. The van der Waals surface area contributed by atoms with E-state index in [0.29, 0.717) is 6.54 Å². The third-order valence-corrected chi connectivity index (χ3v) is 7.13. The monoisotopic (exact) mass is 385 g/mol. The molecule has 1 aromatic heterocycles. The molecule has 1 N–H and O–H groups in total. The van der Waals surface area contributed by atoms with Crippen molar-refractivity contribution in [3.63, 3.8) is 0 Å². The molecule has 2 aromatic rings. The van der Waals surface area contributed by atoms with Gasteiger partial charge in [-0.05, 0) is 61.8 Å². The second-order valence-electron chi connectivity index (χ2n) is 7.56. The Kier molecular flexibility index (Phi) is 5.50. The highest BCUT2D eigenvalue weighted by Gasteiger charge is 2.35. The first kappa shape index (κ1) is 18.5. The lowest BCUT2D eigenvalue weighted by Gasteiger charge is -2.38. The highest BCUT2D eigenvalue weighted by atomic mass is 32.1. The first-order valence-corrected chi connectivity index (χ1v) is 10.7. The maximum absolute atomic E-state index is 12.9. The fourth-order valence-corrected chi connectivity index (χ4v) is 5.43. The van der Waals surface area contributed by atoms with Crippen LogP contribution in [-0.2, 0) is 23.0 Å². The fraction of sp³-hybridized carbons (Fsp3) is 0.500. The molecule has 5 heteroatoms. The molecular formula is C22H27NO3S. The first-order chi connectivity index (χ1) is 13.2. The minimum absolute atomic E-state index is 0.0732. The molecule has 0 bridgehead atoms. The predicted octanol–water partition coefficient (Wildman–Crippen LogP) is 4.11. The van der Waals surface area contributed by atoms with Crippen molar-refractivity contribution in [3.8, 4) is 5.75 Å². The van der Waals surface area contributed by atoms with Crippen LogP contribution < -0.4 is 10.1 Å². The number of hydrogen-bond acceptors (Lipinski definition) is 4. The Morgan fingerprint density at radius 1 is 1.19 bits per heavy atom. The summed E-state index contributed by atoms with van der Waals surface area (Å²) >= 11 is 1.75. The fourth-order valence-electron chi connectivity index (χ4n) is 4.30. The topological polar surface area (TPSA) is 47.6 Å². The van der Waals surface area contributed by atoms with E-state index in [1.807, 2.05) is 12.1 Å². The molecule has 0 radical (unpaired) electrons. The molecule has 2 aliphatic rings. The number of amides is 1. The van der Waals surface area contributed by atoms with Gasteiger partial charge in [-0.2, -0.15) is 0 Å². The lowest BCUT2D eigenvalue weighted by molar-refractivity contribution is 0.0487. The van der Waals surface area contributed by atoms with E-state index in [1.165, 1.54) is 28.8 Å². The summed E-state index contributed by atoms with van der Waals surface area (Å²) in [5.74, 6) is 0.934. The van der Waals surface area contributed by atoms with Crippen LogP contribution in [0.1, 0.15) is 52.0 Å². The highest BCUT2D eigenvalue weighted by molar-refractivity contribution is 7.10. The molecule has 0 atom stereocenters. The van der Waals surface area contributed by atoms with Gasteiger partial charge in [0.1, 0.15) is 5.75 Å². The molecule has 1 aromatic carbocycles. The lowest BCUT2D eigenvalue weighted by atomic mass is 9.74. The summed E-state index contributed by atoms with van der Waals surface area (Å²) in [6.45, 7) is 2.11. The van der Waals surface area contributed by atoms with Crippen molar-refractivity contribution in [3.05, 3.63) is 51.2 Å². The van der Waals surface area contributed by atoms with Gasteiger partial charge in [0.25, 0.3) is 5.91 Å². The van der Waals surface area contributed by atoms with Crippen LogP contribution >= 0.6 is 11.3 Å². The number of hydrogen-bond donors (Lipinski definition) is 1. The molecule has 1 amide bonds. The molecule has 0 spiro atoms. The highest BCUT2D eigenvalue weighted by Crippen LogP contribution is 2.36. The van der Waals surface area contributed by atoms with Crippen molar-refractivity contribution in [2.45, 2.75) is 43.9 Å². The molecule has 4 rings (SSSR count). The molecule has 0 saturated carbocycles. The second kappa shape index (κ2) is 8.03. The van der Waals surface area contributed by atoms with Crippen molar-refractivity contribution in [1.82, 2.24) is 5.32 Å². The summed E-state index contributed by atoms with van der Waals surface area (Å²) in [5, 5.41) is 5.30. The number of rotatable bonds is 5. The van der Waals surface area contributed by atoms with Gasteiger partial charge in [-0.1, -0.05) is 12.1 Å². The summed E-state index contributed by atoms with van der Waals surface area (Å²) in [7, 11) is 1.68. The van der Waals surface area contributed by atoms with E-state index < -0.39 is 0 Å². The molecule has 4 nitrogen and oxygen atoms in total. The number of aryl methyl sites for hydroxylation is 1. The summed E-state index contributed by atoms with van der Waals surface area (Å²) < 4.78 is 10.9. The van der Waals surface area contributed by atoms with E-state index in [-0.39, 0.29) is 11.3 Å². The Balaban J connectivity index is 1.52. The molecular weight excluding hydrogens is 358 g/mol. The van der Waals surface area contributed by atoms with Crippen molar-refractivity contribution < 1.29 is 14.3 Å². The number of carbonyl (C=O) groups is 1. The summed E-state index contributed by atoms with van der Waals surface area (Å²) in [6, 6.07) is 8.26. The van der Waals surface area contributed by atoms with Crippen LogP contribution in [0.3, 0.4) is 0 Å². The standard InChI is InChI=1S/C22H27NO3S/c1-25-17-8-6-16(7-9-17)22(10-12-26-13-11-22)15-23-21(24)19-14-27-20-5-3-2-4-18(19)20/h6-9,14H,2-5,10-13,15H2,1H3,(H,23,24). The minimum Gasteiger partial charge on any atom is -0.497 e. The molecule has 1 saturated heterocycles. The molecule has 1 fully saturated rings. The Morgan fingerprint density at radius 3 is 2.67 bits per heavy atom. The van der Waals surface area contributed by atoms with Crippen molar-refractivity contribution in [2.75, 3.05) is 26.9 Å². The molecule has 27 heavy (non-hydrogen) atoms. The molecule has 2 heterocycles. The van der Waals surface area contributed by atoms with E-state index in [4.69, 9.17) is 9.47 Å². The number of nitrogens with one attached hydrogen (secondary N) is 1. The second-order valence-corrected chi connectivity index (χ2v) is 8.53. The summed E-state index contributed by atoms with van der Waals surface area (Å²) in [6.07, 6.45) is 6.44. The van der Waals surface area contributed by atoms with Crippen molar-refractivity contribution in [2.24, 2.45) is 0 Å². The van der Waals surface area contributed by atoms with Gasteiger partial charge < -0.3 is 14.8 Å². The van der Waals surface area contributed by atoms with Gasteiger partial charge in [-0.15, -0.1) is 11.3 Å². The number of ether oxygens (including phenoxy) is 2. The van der Waals surface area contributed by atoms with Gasteiger partial charge >= 0.3 is 0 Å². The zero-order valence-corrected chi connectivity index (χ0v) is 16.7. The average Bonchev–Trinajstić information content (AvgIpc) is 3.17. The summed E-state index contributed by atoms with van der Waals surface area (Å²) in [5.41, 5.74) is 3.36. The van der Waals surface area contributed by atoms with Crippen LogP contribution in [0, 0.1) is 0 Å². The van der Waals surface area contributed by atoms with E-state index in [0.717, 1.165) is 50.2 Å². The Morgan fingerprint density at radius 2 is 1.93 bits per heavy atom. The number of fused-ring (bicyclic) bond motifs is 1. The van der Waals surface area contributed by atoms with Gasteiger partial charge in [0, 0.05) is 35.4 Å². The zero-order chi connectivity index (χ0) is 18.7. The van der Waals surface area contributed by atoms with E-state index in [2.05, 4.69) is 22.8 Å². The predicted molar refractivity (Wildman–Crippen MR) is 108 cm³/mol. The minimum atomic E-state index is -0.0732. The SMILES string of the molecule is COc1ccc(C2(CNC(=O)c3csc4c3CCCC4)CCOCC2)cc1. The largest absolute Gasteiger partial charge is 0.497 e. The van der Waals surface area contributed by atoms with Crippen LogP contribution in [0.2, 0.25) is 0 Å². The maximum Gasteiger partial charge on any atom is 0.252 e. The van der Waals surface area contributed by atoms with E-state index in [9.17, 15) is 4.79 Å². The molecule has 1 aliphatic carbocycles. The van der Waals surface area contributed by atoms with Gasteiger partial charge in [-0.25, -0.2) is 0 Å².